The van der Waals surface area contributed by atoms with E-state index in [0.29, 0.717) is 5.92 Å². The van der Waals surface area contributed by atoms with Crippen molar-refractivity contribution in [3.05, 3.63) is 29.8 Å². The minimum absolute atomic E-state index is 0.710. The maximum Gasteiger partial charge on any atom is 0.191 e. The Balaban J connectivity index is 1.78. The summed E-state index contributed by atoms with van der Waals surface area (Å²) in [5, 5.41) is 6.74. The van der Waals surface area contributed by atoms with Gasteiger partial charge in [-0.25, -0.2) is 0 Å². The van der Waals surface area contributed by atoms with Gasteiger partial charge in [0.15, 0.2) is 5.96 Å². The molecule has 2 rings (SSSR count). The van der Waals surface area contributed by atoms with Gasteiger partial charge in [0.05, 0.1) is 0 Å². The summed E-state index contributed by atoms with van der Waals surface area (Å²) in [4.78, 5) is 6.75. The SMILES string of the molecule is CN=C(NCCC(C)C)NCc1ccc(N2CCSCC2)cc1. The molecule has 23 heavy (non-hydrogen) atoms. The largest absolute Gasteiger partial charge is 0.370 e. The monoisotopic (exact) mass is 334 g/mol. The van der Waals surface area contributed by atoms with Crippen LogP contribution in [0.3, 0.4) is 0 Å². The van der Waals surface area contributed by atoms with Crippen LogP contribution in [0.5, 0.6) is 0 Å². The molecule has 5 heteroatoms. The summed E-state index contributed by atoms with van der Waals surface area (Å²) in [6, 6.07) is 8.90. The molecule has 1 aliphatic rings. The van der Waals surface area contributed by atoms with Gasteiger partial charge in [-0.2, -0.15) is 11.8 Å². The van der Waals surface area contributed by atoms with E-state index in [9.17, 15) is 0 Å². The lowest BCUT2D eigenvalue weighted by Gasteiger charge is -2.28. The molecule has 0 aliphatic carbocycles. The molecule has 0 amide bonds. The van der Waals surface area contributed by atoms with E-state index < -0.39 is 0 Å². The van der Waals surface area contributed by atoms with Crippen LogP contribution in [-0.4, -0.2) is 44.1 Å². The number of anilines is 1. The van der Waals surface area contributed by atoms with Crippen molar-refractivity contribution < 1.29 is 0 Å². The average molecular weight is 335 g/mol. The lowest BCUT2D eigenvalue weighted by atomic mass is 10.1. The van der Waals surface area contributed by atoms with Gasteiger partial charge < -0.3 is 15.5 Å². The van der Waals surface area contributed by atoms with E-state index in [1.54, 1.807) is 0 Å². The van der Waals surface area contributed by atoms with Gasteiger partial charge in [0, 0.05) is 50.4 Å². The zero-order chi connectivity index (χ0) is 16.5. The summed E-state index contributed by atoms with van der Waals surface area (Å²) >= 11 is 2.05. The van der Waals surface area contributed by atoms with E-state index in [-0.39, 0.29) is 0 Å². The highest BCUT2D eigenvalue weighted by Gasteiger charge is 2.10. The van der Waals surface area contributed by atoms with Crippen molar-refractivity contribution in [3.63, 3.8) is 0 Å². The third kappa shape index (κ3) is 6.34. The molecule has 1 aromatic carbocycles. The number of aliphatic imine (C=N–C) groups is 1. The zero-order valence-corrected chi connectivity index (χ0v) is 15.5. The van der Waals surface area contributed by atoms with Gasteiger partial charge in [0.1, 0.15) is 0 Å². The van der Waals surface area contributed by atoms with Crippen molar-refractivity contribution in [2.75, 3.05) is 43.1 Å². The van der Waals surface area contributed by atoms with Gasteiger partial charge in [-0.05, 0) is 30.0 Å². The summed E-state index contributed by atoms with van der Waals surface area (Å²) in [5.41, 5.74) is 2.63. The summed E-state index contributed by atoms with van der Waals surface area (Å²) < 4.78 is 0. The molecule has 0 saturated carbocycles. The second-order valence-electron chi connectivity index (χ2n) is 6.30. The third-order valence-electron chi connectivity index (χ3n) is 4.01. The fourth-order valence-electron chi connectivity index (χ4n) is 2.53. The van der Waals surface area contributed by atoms with E-state index in [1.807, 2.05) is 18.8 Å². The van der Waals surface area contributed by atoms with Gasteiger partial charge in [-0.15, -0.1) is 0 Å². The van der Waals surface area contributed by atoms with E-state index >= 15 is 0 Å². The predicted molar refractivity (Wildman–Crippen MR) is 104 cm³/mol. The van der Waals surface area contributed by atoms with Crippen molar-refractivity contribution in [1.29, 1.82) is 0 Å². The molecule has 0 bridgehead atoms. The fraction of sp³-hybridized carbons (Fsp3) is 0.611. The Morgan fingerprint density at radius 3 is 2.48 bits per heavy atom. The number of guanidine groups is 1. The first-order valence-corrected chi connectivity index (χ1v) is 9.70. The highest BCUT2D eigenvalue weighted by atomic mass is 32.2. The second-order valence-corrected chi connectivity index (χ2v) is 7.53. The number of hydrogen-bond donors (Lipinski definition) is 2. The highest BCUT2D eigenvalue weighted by molar-refractivity contribution is 7.99. The molecule has 1 heterocycles. The van der Waals surface area contributed by atoms with E-state index in [1.165, 1.54) is 22.8 Å². The third-order valence-corrected chi connectivity index (χ3v) is 4.95. The molecule has 1 aliphatic heterocycles. The van der Waals surface area contributed by atoms with E-state index in [4.69, 9.17) is 0 Å². The molecular weight excluding hydrogens is 304 g/mol. The Morgan fingerprint density at radius 2 is 1.87 bits per heavy atom. The van der Waals surface area contributed by atoms with Crippen molar-refractivity contribution in [2.45, 2.75) is 26.8 Å². The fourth-order valence-corrected chi connectivity index (χ4v) is 3.43. The van der Waals surface area contributed by atoms with Crippen LogP contribution in [0.4, 0.5) is 5.69 Å². The molecule has 1 aromatic rings. The normalized spacial score (nSPS) is 15.8. The molecule has 0 radical (unpaired) electrons. The van der Waals surface area contributed by atoms with Gasteiger partial charge >= 0.3 is 0 Å². The molecule has 2 N–H and O–H groups in total. The van der Waals surface area contributed by atoms with Crippen LogP contribution in [0.15, 0.2) is 29.3 Å². The predicted octanol–water partition coefficient (Wildman–Crippen LogP) is 2.95. The lowest BCUT2D eigenvalue weighted by Crippen LogP contribution is -2.37. The number of nitrogens with one attached hydrogen (secondary N) is 2. The molecule has 1 fully saturated rings. The van der Waals surface area contributed by atoms with Crippen molar-refractivity contribution in [1.82, 2.24) is 10.6 Å². The van der Waals surface area contributed by atoms with Gasteiger partial charge in [0.25, 0.3) is 0 Å². The van der Waals surface area contributed by atoms with Gasteiger partial charge in [-0.3, -0.25) is 4.99 Å². The topological polar surface area (TPSA) is 39.7 Å². The van der Waals surface area contributed by atoms with Crippen LogP contribution in [0.2, 0.25) is 0 Å². The first-order valence-electron chi connectivity index (χ1n) is 8.55. The molecule has 0 unspecified atom stereocenters. The molecule has 0 spiro atoms. The second kappa shape index (κ2) is 9.71. The lowest BCUT2D eigenvalue weighted by molar-refractivity contribution is 0.573. The van der Waals surface area contributed by atoms with E-state index in [0.717, 1.165) is 38.6 Å². The highest BCUT2D eigenvalue weighted by Crippen LogP contribution is 2.19. The van der Waals surface area contributed by atoms with Crippen LogP contribution < -0.4 is 15.5 Å². The van der Waals surface area contributed by atoms with Crippen molar-refractivity contribution in [3.8, 4) is 0 Å². The van der Waals surface area contributed by atoms with Crippen LogP contribution in [-0.2, 0) is 6.54 Å². The van der Waals surface area contributed by atoms with Crippen LogP contribution >= 0.6 is 11.8 Å². The average Bonchev–Trinajstić information content (AvgIpc) is 2.59. The van der Waals surface area contributed by atoms with Gasteiger partial charge in [-0.1, -0.05) is 26.0 Å². The first kappa shape index (κ1) is 18.0. The van der Waals surface area contributed by atoms with Crippen molar-refractivity contribution in [2.24, 2.45) is 10.9 Å². The van der Waals surface area contributed by atoms with E-state index in [2.05, 4.69) is 58.6 Å². The van der Waals surface area contributed by atoms with Crippen LogP contribution in [0.1, 0.15) is 25.8 Å². The number of thioether (sulfide) groups is 1. The summed E-state index contributed by atoms with van der Waals surface area (Å²) in [6.45, 7) is 8.56. The molecule has 0 aromatic heterocycles. The maximum atomic E-state index is 4.27. The Kier molecular flexibility index (Phi) is 7.59. The summed E-state index contributed by atoms with van der Waals surface area (Å²) in [7, 11) is 1.82. The summed E-state index contributed by atoms with van der Waals surface area (Å²) in [6.07, 6.45) is 1.16. The minimum Gasteiger partial charge on any atom is -0.370 e. The number of hydrogen-bond acceptors (Lipinski definition) is 3. The quantitative estimate of drug-likeness (QED) is 0.620. The molecule has 4 nitrogen and oxygen atoms in total. The summed E-state index contributed by atoms with van der Waals surface area (Å²) in [5.74, 6) is 4.06. The Morgan fingerprint density at radius 1 is 1.17 bits per heavy atom. The minimum atomic E-state index is 0.710. The molecule has 1 saturated heterocycles. The van der Waals surface area contributed by atoms with Crippen LogP contribution in [0, 0.1) is 5.92 Å². The smallest absolute Gasteiger partial charge is 0.191 e. The van der Waals surface area contributed by atoms with Crippen molar-refractivity contribution >= 4 is 23.4 Å². The number of rotatable bonds is 6. The molecule has 128 valence electrons. The Bertz CT molecular complexity index is 478. The number of nitrogens with zero attached hydrogens (tertiary/aromatic N) is 2. The van der Waals surface area contributed by atoms with Gasteiger partial charge in [0.2, 0.25) is 0 Å². The Labute approximate surface area is 145 Å². The number of benzene rings is 1. The molecule has 0 atom stereocenters. The maximum absolute atomic E-state index is 4.27. The first-order chi connectivity index (χ1) is 11.2. The Hall–Kier alpha value is -1.36. The standard InChI is InChI=1S/C18H30N4S/c1-15(2)8-9-20-18(19-3)21-14-16-4-6-17(7-5-16)22-10-12-23-13-11-22/h4-7,15H,8-14H2,1-3H3,(H2,19,20,21). The zero-order valence-electron chi connectivity index (χ0n) is 14.6. The van der Waals surface area contributed by atoms with Crippen LogP contribution in [0.25, 0.3) is 0 Å². The molecular formula is C18H30N4S.